The van der Waals surface area contributed by atoms with E-state index in [4.69, 9.17) is 0 Å². The van der Waals surface area contributed by atoms with Gasteiger partial charge in [-0.25, -0.2) is 9.89 Å². The molecule has 19 heavy (non-hydrogen) atoms. The Balaban J connectivity index is 2.07. The van der Waals surface area contributed by atoms with E-state index in [0.29, 0.717) is 11.8 Å². The zero-order valence-electron chi connectivity index (χ0n) is 11.3. The molecule has 0 aliphatic rings. The standard InChI is InChI=1S/C14H19N3OS/c1-3-11(2)19-14-16-15-13(18)17(14)10-9-12-7-5-4-6-8-12/h4-8,11H,3,9-10H2,1-2H3,(H,15,18). The predicted molar refractivity (Wildman–Crippen MR) is 78.6 cm³/mol. The van der Waals surface area contributed by atoms with Crippen molar-refractivity contribution in [1.29, 1.82) is 0 Å². The molecule has 1 N–H and O–H groups in total. The summed E-state index contributed by atoms with van der Waals surface area (Å²) in [6.45, 7) is 4.94. The quantitative estimate of drug-likeness (QED) is 0.826. The molecule has 102 valence electrons. The van der Waals surface area contributed by atoms with Crippen molar-refractivity contribution in [3.8, 4) is 0 Å². The zero-order chi connectivity index (χ0) is 13.7. The molecule has 1 aromatic carbocycles. The first-order valence-electron chi connectivity index (χ1n) is 6.56. The van der Waals surface area contributed by atoms with Crippen LogP contribution in [0.5, 0.6) is 0 Å². The van der Waals surface area contributed by atoms with E-state index >= 15 is 0 Å². The third kappa shape index (κ3) is 3.73. The van der Waals surface area contributed by atoms with Gasteiger partial charge < -0.3 is 0 Å². The van der Waals surface area contributed by atoms with Gasteiger partial charge in [0.25, 0.3) is 0 Å². The molecule has 0 saturated carbocycles. The molecule has 5 heteroatoms. The van der Waals surface area contributed by atoms with Gasteiger partial charge in [0.05, 0.1) is 0 Å². The molecule has 0 bridgehead atoms. The summed E-state index contributed by atoms with van der Waals surface area (Å²) in [5.74, 6) is 0. The number of hydrogen-bond donors (Lipinski definition) is 1. The van der Waals surface area contributed by atoms with Gasteiger partial charge in [-0.05, 0) is 18.4 Å². The van der Waals surface area contributed by atoms with Crippen LogP contribution in [0.25, 0.3) is 0 Å². The van der Waals surface area contributed by atoms with Crippen LogP contribution in [0.2, 0.25) is 0 Å². The largest absolute Gasteiger partial charge is 0.343 e. The van der Waals surface area contributed by atoms with Crippen LogP contribution in [0.15, 0.2) is 40.3 Å². The fraction of sp³-hybridized carbons (Fsp3) is 0.429. The highest BCUT2D eigenvalue weighted by atomic mass is 32.2. The molecule has 0 saturated heterocycles. The smallest absolute Gasteiger partial charge is 0.270 e. The van der Waals surface area contributed by atoms with Crippen molar-refractivity contribution in [2.45, 2.75) is 43.6 Å². The maximum absolute atomic E-state index is 11.8. The fourth-order valence-electron chi connectivity index (χ4n) is 1.74. The minimum absolute atomic E-state index is 0.123. The third-order valence-corrected chi connectivity index (χ3v) is 4.33. The van der Waals surface area contributed by atoms with Gasteiger partial charge in [0.2, 0.25) is 0 Å². The molecule has 0 aliphatic carbocycles. The van der Waals surface area contributed by atoms with Crippen LogP contribution in [0.3, 0.4) is 0 Å². The highest BCUT2D eigenvalue weighted by Crippen LogP contribution is 2.21. The SMILES string of the molecule is CCC(C)Sc1n[nH]c(=O)n1CCc1ccccc1. The van der Waals surface area contributed by atoms with Gasteiger partial charge in [0, 0.05) is 11.8 Å². The van der Waals surface area contributed by atoms with Crippen LogP contribution in [0, 0.1) is 0 Å². The minimum Gasteiger partial charge on any atom is -0.270 e. The van der Waals surface area contributed by atoms with E-state index < -0.39 is 0 Å². The van der Waals surface area contributed by atoms with Crippen molar-refractivity contribution in [3.05, 3.63) is 46.4 Å². The van der Waals surface area contributed by atoms with E-state index in [-0.39, 0.29) is 5.69 Å². The first kappa shape index (κ1) is 13.9. The summed E-state index contributed by atoms with van der Waals surface area (Å²) >= 11 is 1.65. The maximum atomic E-state index is 11.8. The van der Waals surface area contributed by atoms with Gasteiger partial charge >= 0.3 is 5.69 Å². The summed E-state index contributed by atoms with van der Waals surface area (Å²) < 4.78 is 1.73. The number of benzene rings is 1. The zero-order valence-corrected chi connectivity index (χ0v) is 12.1. The van der Waals surface area contributed by atoms with Crippen LogP contribution < -0.4 is 5.69 Å². The van der Waals surface area contributed by atoms with Crippen molar-refractivity contribution in [2.24, 2.45) is 0 Å². The number of nitrogens with one attached hydrogen (secondary N) is 1. The minimum atomic E-state index is -0.123. The predicted octanol–water partition coefficient (Wildman–Crippen LogP) is 2.70. The van der Waals surface area contributed by atoms with Crippen LogP contribution in [-0.4, -0.2) is 20.0 Å². The van der Waals surface area contributed by atoms with Crippen molar-refractivity contribution >= 4 is 11.8 Å². The maximum Gasteiger partial charge on any atom is 0.343 e. The molecule has 0 spiro atoms. The molecule has 0 aliphatic heterocycles. The van der Waals surface area contributed by atoms with Gasteiger partial charge in [0.1, 0.15) is 0 Å². The molecule has 0 radical (unpaired) electrons. The summed E-state index contributed by atoms with van der Waals surface area (Å²) in [5.41, 5.74) is 1.11. The lowest BCUT2D eigenvalue weighted by molar-refractivity contribution is 0.614. The van der Waals surface area contributed by atoms with Crippen LogP contribution in [-0.2, 0) is 13.0 Å². The summed E-state index contributed by atoms with van der Waals surface area (Å²) in [5, 5.41) is 7.89. The van der Waals surface area contributed by atoms with Gasteiger partial charge in [-0.1, -0.05) is 55.9 Å². The summed E-state index contributed by atoms with van der Waals surface area (Å²) in [4.78, 5) is 11.8. The van der Waals surface area contributed by atoms with E-state index in [9.17, 15) is 4.79 Å². The lowest BCUT2D eigenvalue weighted by Crippen LogP contribution is -2.19. The number of rotatable bonds is 6. The molecule has 2 rings (SSSR count). The van der Waals surface area contributed by atoms with E-state index in [2.05, 4.69) is 36.2 Å². The normalized spacial score (nSPS) is 12.5. The Labute approximate surface area is 117 Å². The summed E-state index contributed by atoms with van der Waals surface area (Å²) in [6, 6.07) is 10.2. The number of aromatic nitrogens is 3. The van der Waals surface area contributed by atoms with Crippen molar-refractivity contribution in [3.63, 3.8) is 0 Å². The van der Waals surface area contributed by atoms with Crippen molar-refractivity contribution in [2.75, 3.05) is 0 Å². The highest BCUT2D eigenvalue weighted by Gasteiger charge is 2.11. The van der Waals surface area contributed by atoms with Gasteiger partial charge in [-0.15, -0.1) is 5.10 Å². The lowest BCUT2D eigenvalue weighted by atomic mass is 10.1. The second-order valence-corrected chi connectivity index (χ2v) is 5.94. The Kier molecular flexibility index (Phi) is 4.85. The third-order valence-electron chi connectivity index (χ3n) is 3.07. The van der Waals surface area contributed by atoms with Crippen LogP contribution in [0.1, 0.15) is 25.8 Å². The topological polar surface area (TPSA) is 50.7 Å². The number of aryl methyl sites for hydroxylation is 1. The van der Waals surface area contributed by atoms with Crippen LogP contribution >= 0.6 is 11.8 Å². The number of thioether (sulfide) groups is 1. The van der Waals surface area contributed by atoms with E-state index in [1.165, 1.54) is 5.56 Å². The molecule has 1 aromatic heterocycles. The number of H-pyrrole nitrogens is 1. The summed E-state index contributed by atoms with van der Waals surface area (Å²) in [7, 11) is 0. The molecular weight excluding hydrogens is 258 g/mol. The van der Waals surface area contributed by atoms with E-state index in [1.54, 1.807) is 16.3 Å². The van der Waals surface area contributed by atoms with Crippen molar-refractivity contribution in [1.82, 2.24) is 14.8 Å². The molecule has 1 atom stereocenters. The Hall–Kier alpha value is -1.49. The second kappa shape index (κ2) is 6.61. The molecule has 1 unspecified atom stereocenters. The van der Waals surface area contributed by atoms with Gasteiger partial charge in [-0.2, -0.15) is 0 Å². The Morgan fingerprint density at radius 2 is 2.11 bits per heavy atom. The molecular formula is C14H19N3OS. The highest BCUT2D eigenvalue weighted by molar-refractivity contribution is 7.99. The number of hydrogen-bond acceptors (Lipinski definition) is 3. The van der Waals surface area contributed by atoms with Crippen molar-refractivity contribution < 1.29 is 0 Å². The molecule has 4 nitrogen and oxygen atoms in total. The Morgan fingerprint density at radius 1 is 1.37 bits per heavy atom. The average Bonchev–Trinajstić information content (AvgIpc) is 2.78. The second-order valence-electron chi connectivity index (χ2n) is 4.54. The Morgan fingerprint density at radius 3 is 2.79 bits per heavy atom. The fourth-order valence-corrected chi connectivity index (χ4v) is 2.67. The average molecular weight is 277 g/mol. The molecule has 2 aromatic rings. The monoisotopic (exact) mass is 277 g/mol. The van der Waals surface area contributed by atoms with E-state index in [1.807, 2.05) is 18.2 Å². The molecule has 0 amide bonds. The first-order chi connectivity index (χ1) is 9.20. The van der Waals surface area contributed by atoms with Crippen LogP contribution in [0.4, 0.5) is 0 Å². The molecule has 0 fully saturated rings. The number of nitrogens with zero attached hydrogens (tertiary/aromatic N) is 2. The molecule has 1 heterocycles. The lowest BCUT2D eigenvalue weighted by Gasteiger charge is -2.09. The summed E-state index contributed by atoms with van der Waals surface area (Å²) in [6.07, 6.45) is 1.90. The number of aromatic amines is 1. The first-order valence-corrected chi connectivity index (χ1v) is 7.44. The van der Waals surface area contributed by atoms with Gasteiger partial charge in [0.15, 0.2) is 5.16 Å². The van der Waals surface area contributed by atoms with E-state index in [0.717, 1.165) is 18.0 Å². The van der Waals surface area contributed by atoms with Gasteiger partial charge in [-0.3, -0.25) is 4.57 Å². The Bertz CT molecular complexity index is 562.